The van der Waals surface area contributed by atoms with Crippen molar-refractivity contribution in [3.8, 4) is 0 Å². The number of benzene rings is 1. The maximum absolute atomic E-state index is 13.0. The number of carbonyl (C=O) groups excluding carboxylic acids is 1. The van der Waals surface area contributed by atoms with E-state index in [-0.39, 0.29) is 23.5 Å². The summed E-state index contributed by atoms with van der Waals surface area (Å²) in [6.45, 7) is 6.08. The summed E-state index contributed by atoms with van der Waals surface area (Å²) in [6.07, 6.45) is 6.12. The first kappa shape index (κ1) is 25.0. The van der Waals surface area contributed by atoms with Gasteiger partial charge in [-0.2, -0.15) is 5.10 Å². The van der Waals surface area contributed by atoms with Gasteiger partial charge in [-0.25, -0.2) is 14.6 Å². The topological polar surface area (TPSA) is 122 Å². The monoisotopic (exact) mass is 486 g/mol. The number of aryl methyl sites for hydroxylation is 1. The molecule has 2 aromatic heterocycles. The van der Waals surface area contributed by atoms with E-state index in [1.54, 1.807) is 25.4 Å². The van der Waals surface area contributed by atoms with E-state index in [1.165, 1.54) is 11.0 Å². The van der Waals surface area contributed by atoms with Crippen LogP contribution in [0.4, 0.5) is 11.5 Å². The van der Waals surface area contributed by atoms with Crippen LogP contribution < -0.4 is 16.2 Å². The first-order valence-corrected chi connectivity index (χ1v) is 11.7. The summed E-state index contributed by atoms with van der Waals surface area (Å²) in [5, 5.41) is 20.6. The van der Waals surface area contributed by atoms with Gasteiger partial charge in [0.15, 0.2) is 0 Å². The Morgan fingerprint density at radius 3 is 2.56 bits per heavy atom. The number of aromatic nitrogens is 4. The highest BCUT2D eigenvalue weighted by Gasteiger charge is 2.22. The van der Waals surface area contributed by atoms with Gasteiger partial charge in [0, 0.05) is 30.1 Å². The Labute approximate surface area is 209 Å². The Morgan fingerprint density at radius 1 is 1.17 bits per heavy atom. The Kier molecular flexibility index (Phi) is 7.12. The van der Waals surface area contributed by atoms with E-state index in [0.717, 1.165) is 11.1 Å². The number of carbonyl (C=O) groups is 1. The van der Waals surface area contributed by atoms with Crippen LogP contribution in [-0.2, 0) is 12.5 Å². The predicted octanol–water partition coefficient (Wildman–Crippen LogP) is 3.47. The molecular weight excluding hydrogens is 456 g/mol. The van der Waals surface area contributed by atoms with E-state index in [9.17, 15) is 14.7 Å². The van der Waals surface area contributed by atoms with Crippen molar-refractivity contribution >= 4 is 23.0 Å². The molecule has 1 aromatic carbocycles. The number of anilines is 2. The number of nitrogens with zero attached hydrogens (tertiary/aromatic N) is 4. The van der Waals surface area contributed by atoms with Crippen LogP contribution >= 0.6 is 0 Å². The quantitative estimate of drug-likeness (QED) is 0.488. The van der Waals surface area contributed by atoms with Gasteiger partial charge < -0.3 is 15.7 Å². The molecule has 4 rings (SSSR count). The Hall–Kier alpha value is -4.11. The van der Waals surface area contributed by atoms with E-state index in [1.807, 2.05) is 30.3 Å². The SMILES string of the molecule is Cn1nc(C2=C(CO)C(NC(=O)c3ccc(C(C)(C)C)cc3)=CCC2)cc(Nc2ccncn2)c1=O. The molecule has 1 amide bonds. The van der Waals surface area contributed by atoms with Crippen LogP contribution in [0.3, 0.4) is 0 Å². The van der Waals surface area contributed by atoms with Crippen molar-refractivity contribution in [2.75, 3.05) is 11.9 Å². The molecule has 2 heterocycles. The van der Waals surface area contributed by atoms with Gasteiger partial charge in [0.05, 0.1) is 12.3 Å². The van der Waals surface area contributed by atoms with Crippen molar-refractivity contribution in [1.29, 1.82) is 0 Å². The van der Waals surface area contributed by atoms with Crippen molar-refractivity contribution in [1.82, 2.24) is 25.1 Å². The summed E-state index contributed by atoms with van der Waals surface area (Å²) in [5.74, 6) is 0.220. The Balaban J connectivity index is 1.63. The first-order chi connectivity index (χ1) is 17.2. The van der Waals surface area contributed by atoms with Crippen molar-refractivity contribution in [3.05, 3.63) is 93.4 Å². The molecule has 9 nitrogen and oxygen atoms in total. The molecule has 0 saturated carbocycles. The molecule has 0 fully saturated rings. The minimum absolute atomic E-state index is 0.00739. The second kappa shape index (κ2) is 10.2. The second-order valence-corrected chi connectivity index (χ2v) is 9.64. The van der Waals surface area contributed by atoms with Crippen molar-refractivity contribution in [2.24, 2.45) is 7.05 Å². The van der Waals surface area contributed by atoms with Gasteiger partial charge in [-0.15, -0.1) is 0 Å². The molecule has 0 radical (unpaired) electrons. The van der Waals surface area contributed by atoms with Gasteiger partial charge in [0.1, 0.15) is 17.8 Å². The van der Waals surface area contributed by atoms with Crippen molar-refractivity contribution in [3.63, 3.8) is 0 Å². The lowest BCUT2D eigenvalue weighted by Gasteiger charge is -2.22. The lowest BCUT2D eigenvalue weighted by molar-refractivity contribution is 0.0966. The molecule has 36 heavy (non-hydrogen) atoms. The van der Waals surface area contributed by atoms with E-state index < -0.39 is 0 Å². The fraction of sp³-hybridized carbons (Fsp3) is 0.296. The number of aliphatic hydroxyl groups is 1. The fourth-order valence-electron chi connectivity index (χ4n) is 4.05. The number of rotatable bonds is 6. The first-order valence-electron chi connectivity index (χ1n) is 11.7. The summed E-state index contributed by atoms with van der Waals surface area (Å²) in [7, 11) is 1.57. The van der Waals surface area contributed by atoms with Crippen molar-refractivity contribution in [2.45, 2.75) is 39.0 Å². The number of aliphatic hydroxyl groups excluding tert-OH is 1. The highest BCUT2D eigenvalue weighted by Crippen LogP contribution is 2.31. The van der Waals surface area contributed by atoms with E-state index in [4.69, 9.17) is 0 Å². The largest absolute Gasteiger partial charge is 0.392 e. The number of amides is 1. The molecule has 1 aliphatic carbocycles. The number of allylic oxidation sites excluding steroid dienone is 2. The molecule has 1 aliphatic rings. The summed E-state index contributed by atoms with van der Waals surface area (Å²) >= 11 is 0. The van der Waals surface area contributed by atoms with Crippen LogP contribution in [0.15, 0.2) is 71.1 Å². The summed E-state index contributed by atoms with van der Waals surface area (Å²) in [6, 6.07) is 10.8. The molecule has 0 saturated heterocycles. The van der Waals surface area contributed by atoms with Crippen LogP contribution in [0, 0.1) is 0 Å². The zero-order valence-electron chi connectivity index (χ0n) is 20.9. The molecule has 0 bridgehead atoms. The highest BCUT2D eigenvalue weighted by molar-refractivity contribution is 5.96. The van der Waals surface area contributed by atoms with Gasteiger partial charge in [-0.05, 0) is 53.7 Å². The lowest BCUT2D eigenvalue weighted by atomic mass is 9.86. The maximum atomic E-state index is 13.0. The number of nitrogens with one attached hydrogen (secondary N) is 2. The molecule has 0 unspecified atom stereocenters. The summed E-state index contributed by atoms with van der Waals surface area (Å²) in [5.41, 5.74) is 4.06. The van der Waals surface area contributed by atoms with E-state index >= 15 is 0 Å². The maximum Gasteiger partial charge on any atom is 0.290 e. The molecular formula is C27H30N6O3. The standard InChI is InChI=1S/C27H30N6O3/c1-27(2,3)18-10-8-17(9-11-18)25(35)31-21-7-5-6-19(20(21)15-34)22-14-23(26(36)33(4)32-22)30-24-12-13-28-16-29-24/h7-14,16,34H,5-6,15H2,1-4H3,(H,31,35)(H,28,29,30). The van der Waals surface area contributed by atoms with E-state index in [2.05, 4.69) is 46.5 Å². The number of hydrogen-bond acceptors (Lipinski definition) is 7. The molecule has 3 aromatic rings. The molecule has 186 valence electrons. The van der Waals surface area contributed by atoms with E-state index in [0.29, 0.717) is 46.9 Å². The van der Waals surface area contributed by atoms with Crippen LogP contribution in [0.2, 0.25) is 0 Å². The predicted molar refractivity (Wildman–Crippen MR) is 139 cm³/mol. The normalized spacial score (nSPS) is 13.9. The van der Waals surface area contributed by atoms with Crippen LogP contribution in [0.25, 0.3) is 5.57 Å². The van der Waals surface area contributed by atoms with Gasteiger partial charge in [-0.1, -0.05) is 39.0 Å². The number of hydrogen-bond donors (Lipinski definition) is 3. The minimum Gasteiger partial charge on any atom is -0.392 e. The van der Waals surface area contributed by atoms with Gasteiger partial charge >= 0.3 is 0 Å². The third-order valence-electron chi connectivity index (χ3n) is 6.07. The molecule has 3 N–H and O–H groups in total. The third kappa shape index (κ3) is 5.41. The highest BCUT2D eigenvalue weighted by atomic mass is 16.3. The van der Waals surface area contributed by atoms with Gasteiger partial charge in [-0.3, -0.25) is 9.59 Å². The average molecular weight is 487 g/mol. The Morgan fingerprint density at radius 2 is 1.92 bits per heavy atom. The zero-order valence-corrected chi connectivity index (χ0v) is 20.9. The molecule has 0 spiro atoms. The third-order valence-corrected chi connectivity index (χ3v) is 6.07. The van der Waals surface area contributed by atoms with Crippen LogP contribution in [0.5, 0.6) is 0 Å². The second-order valence-electron chi connectivity index (χ2n) is 9.64. The van der Waals surface area contributed by atoms with Gasteiger partial charge in [0.25, 0.3) is 11.5 Å². The van der Waals surface area contributed by atoms with Crippen LogP contribution in [0.1, 0.15) is 55.2 Å². The van der Waals surface area contributed by atoms with Crippen molar-refractivity contribution < 1.29 is 9.90 Å². The fourth-order valence-corrected chi connectivity index (χ4v) is 4.05. The van der Waals surface area contributed by atoms with Crippen LogP contribution in [-0.4, -0.2) is 37.4 Å². The molecule has 0 aliphatic heterocycles. The average Bonchev–Trinajstić information content (AvgIpc) is 2.86. The molecule has 9 heteroatoms. The summed E-state index contributed by atoms with van der Waals surface area (Å²) < 4.78 is 1.24. The smallest absolute Gasteiger partial charge is 0.290 e. The van der Waals surface area contributed by atoms with Gasteiger partial charge in [0.2, 0.25) is 0 Å². The summed E-state index contributed by atoms with van der Waals surface area (Å²) in [4.78, 5) is 33.7. The molecule has 0 atom stereocenters. The zero-order chi connectivity index (χ0) is 25.9. The lowest BCUT2D eigenvalue weighted by Crippen LogP contribution is -2.27. The Bertz CT molecular complexity index is 1380. The minimum atomic E-state index is -0.318.